The van der Waals surface area contributed by atoms with Crippen LogP contribution in [-0.4, -0.2) is 17.7 Å². The molecule has 0 fully saturated rings. The van der Waals surface area contributed by atoms with Crippen LogP contribution in [0, 0.1) is 0 Å². The van der Waals surface area contributed by atoms with Crippen LogP contribution in [0.3, 0.4) is 0 Å². The van der Waals surface area contributed by atoms with E-state index in [1.807, 2.05) is 18.4 Å². The largest absolute Gasteiger partial charge is 0.497 e. The highest BCUT2D eigenvalue weighted by atomic mass is 32.2. The molecule has 0 atom stereocenters. The molecular formula is C11H11NOS2. The number of hydrogen-bond donors (Lipinski definition) is 0. The van der Waals surface area contributed by atoms with Gasteiger partial charge in [0.2, 0.25) is 0 Å². The Hall–Kier alpha value is -1.00. The highest BCUT2D eigenvalue weighted by molar-refractivity contribution is 7.98. The predicted octanol–water partition coefficient (Wildman–Crippen LogP) is 3.54. The second-order valence-corrected chi connectivity index (χ2v) is 4.39. The Bertz CT molecular complexity index is 436. The Morgan fingerprint density at radius 1 is 1.27 bits per heavy atom. The van der Waals surface area contributed by atoms with E-state index in [9.17, 15) is 0 Å². The number of benzene rings is 1. The van der Waals surface area contributed by atoms with E-state index in [1.165, 1.54) is 22.7 Å². The summed E-state index contributed by atoms with van der Waals surface area (Å²) in [5, 5.41) is 3.17. The molecule has 0 N–H and O–H groups in total. The van der Waals surface area contributed by atoms with Gasteiger partial charge in [-0.15, -0.1) is 11.8 Å². The van der Waals surface area contributed by atoms with E-state index in [2.05, 4.69) is 21.9 Å². The first-order valence-electron chi connectivity index (χ1n) is 4.48. The first kappa shape index (κ1) is 10.5. The maximum absolute atomic E-state index is 5.12. The van der Waals surface area contributed by atoms with Crippen molar-refractivity contribution in [3.05, 3.63) is 29.6 Å². The highest BCUT2D eigenvalue weighted by Gasteiger charge is 2.06. The van der Waals surface area contributed by atoms with Gasteiger partial charge >= 0.3 is 0 Å². The number of methoxy groups -OCH3 is 1. The molecule has 0 spiro atoms. The van der Waals surface area contributed by atoms with Crippen molar-refractivity contribution in [2.45, 2.75) is 5.03 Å². The number of nitrogens with zero attached hydrogens (tertiary/aromatic N) is 1. The lowest BCUT2D eigenvalue weighted by Gasteiger charge is -2.02. The first-order valence-corrected chi connectivity index (χ1v) is 6.54. The zero-order chi connectivity index (χ0) is 10.7. The van der Waals surface area contributed by atoms with Gasteiger partial charge in [0.25, 0.3) is 0 Å². The quantitative estimate of drug-likeness (QED) is 0.762. The Morgan fingerprint density at radius 3 is 2.60 bits per heavy atom. The molecule has 1 aromatic carbocycles. The molecule has 1 aromatic heterocycles. The van der Waals surface area contributed by atoms with Crippen molar-refractivity contribution >= 4 is 23.3 Å². The fraction of sp³-hybridized carbons (Fsp3) is 0.182. The zero-order valence-corrected chi connectivity index (χ0v) is 10.2. The minimum absolute atomic E-state index is 0.882. The summed E-state index contributed by atoms with van der Waals surface area (Å²) in [5.41, 5.74) is 2.39. The number of thioether (sulfide) groups is 1. The number of rotatable bonds is 3. The summed E-state index contributed by atoms with van der Waals surface area (Å²) in [6.45, 7) is 0. The molecule has 0 amide bonds. The van der Waals surface area contributed by atoms with Crippen molar-refractivity contribution in [2.75, 3.05) is 13.4 Å². The summed E-state index contributed by atoms with van der Waals surface area (Å²) in [7, 11) is 1.68. The van der Waals surface area contributed by atoms with Gasteiger partial charge in [-0.05, 0) is 35.5 Å². The summed E-state index contributed by atoms with van der Waals surface area (Å²) >= 11 is 3.17. The highest BCUT2D eigenvalue weighted by Crippen LogP contribution is 2.31. The molecule has 0 aliphatic heterocycles. The average molecular weight is 237 g/mol. The maximum Gasteiger partial charge on any atom is 0.118 e. The second-order valence-electron chi connectivity index (χ2n) is 2.97. The van der Waals surface area contributed by atoms with Gasteiger partial charge in [-0.2, -0.15) is 4.37 Å². The zero-order valence-electron chi connectivity index (χ0n) is 8.56. The molecule has 2 rings (SSSR count). The SMILES string of the molecule is COc1ccc(-c2csnc2SC)cc1. The third-order valence-corrected chi connectivity index (χ3v) is 3.57. The van der Waals surface area contributed by atoms with E-state index in [4.69, 9.17) is 4.74 Å². The molecule has 0 aliphatic rings. The average Bonchev–Trinajstić information content (AvgIpc) is 2.77. The van der Waals surface area contributed by atoms with E-state index in [1.54, 1.807) is 18.9 Å². The molecule has 1 heterocycles. The summed E-state index contributed by atoms with van der Waals surface area (Å²) in [5.74, 6) is 0.882. The third kappa shape index (κ3) is 2.16. The van der Waals surface area contributed by atoms with Crippen molar-refractivity contribution in [1.29, 1.82) is 0 Å². The van der Waals surface area contributed by atoms with Crippen molar-refractivity contribution < 1.29 is 4.74 Å². The minimum Gasteiger partial charge on any atom is -0.497 e. The van der Waals surface area contributed by atoms with Crippen molar-refractivity contribution in [3.8, 4) is 16.9 Å². The van der Waals surface area contributed by atoms with Crippen LogP contribution in [0.2, 0.25) is 0 Å². The van der Waals surface area contributed by atoms with Gasteiger partial charge in [0, 0.05) is 10.9 Å². The van der Waals surface area contributed by atoms with Gasteiger partial charge in [-0.1, -0.05) is 12.1 Å². The van der Waals surface area contributed by atoms with Crippen LogP contribution in [0.4, 0.5) is 0 Å². The Kier molecular flexibility index (Phi) is 3.28. The lowest BCUT2D eigenvalue weighted by molar-refractivity contribution is 0.415. The molecule has 15 heavy (non-hydrogen) atoms. The van der Waals surface area contributed by atoms with Gasteiger partial charge in [0.15, 0.2) is 0 Å². The van der Waals surface area contributed by atoms with Crippen LogP contribution in [-0.2, 0) is 0 Å². The van der Waals surface area contributed by atoms with Crippen molar-refractivity contribution in [2.24, 2.45) is 0 Å². The van der Waals surface area contributed by atoms with Gasteiger partial charge in [-0.25, -0.2) is 0 Å². The molecule has 2 aromatic rings. The van der Waals surface area contributed by atoms with Crippen LogP contribution in [0.5, 0.6) is 5.75 Å². The smallest absolute Gasteiger partial charge is 0.118 e. The number of aromatic nitrogens is 1. The summed E-state index contributed by atoms with van der Waals surface area (Å²) in [6.07, 6.45) is 2.04. The topological polar surface area (TPSA) is 22.1 Å². The van der Waals surface area contributed by atoms with E-state index in [0.29, 0.717) is 0 Å². The molecule has 0 aliphatic carbocycles. The number of hydrogen-bond acceptors (Lipinski definition) is 4. The molecule has 4 heteroatoms. The van der Waals surface area contributed by atoms with Crippen LogP contribution in [0.15, 0.2) is 34.7 Å². The fourth-order valence-corrected chi connectivity index (χ4v) is 2.83. The predicted molar refractivity (Wildman–Crippen MR) is 65.9 cm³/mol. The van der Waals surface area contributed by atoms with Gasteiger partial charge in [0.1, 0.15) is 10.8 Å². The summed E-state index contributed by atoms with van der Waals surface area (Å²) in [4.78, 5) is 0. The normalized spacial score (nSPS) is 10.3. The van der Waals surface area contributed by atoms with Gasteiger partial charge in [-0.3, -0.25) is 0 Å². The van der Waals surface area contributed by atoms with Crippen molar-refractivity contribution in [1.82, 2.24) is 4.37 Å². The maximum atomic E-state index is 5.12. The lowest BCUT2D eigenvalue weighted by atomic mass is 10.1. The first-order chi connectivity index (χ1) is 7.35. The van der Waals surface area contributed by atoms with Crippen LogP contribution < -0.4 is 4.74 Å². The standard InChI is InChI=1S/C11H11NOS2/c1-13-9-5-3-8(4-6-9)10-7-15-12-11(10)14-2/h3-7H,1-2H3. The fourth-order valence-electron chi connectivity index (χ4n) is 1.34. The Labute approximate surface area is 97.5 Å². The van der Waals surface area contributed by atoms with E-state index in [-0.39, 0.29) is 0 Å². The molecule has 2 nitrogen and oxygen atoms in total. The third-order valence-electron chi connectivity index (χ3n) is 2.13. The van der Waals surface area contributed by atoms with Gasteiger partial charge in [0.05, 0.1) is 7.11 Å². The Balaban J connectivity index is 2.37. The summed E-state index contributed by atoms with van der Waals surface area (Å²) in [6, 6.07) is 8.05. The summed E-state index contributed by atoms with van der Waals surface area (Å²) < 4.78 is 9.45. The number of ether oxygens (including phenoxy) is 1. The van der Waals surface area contributed by atoms with Crippen molar-refractivity contribution in [3.63, 3.8) is 0 Å². The van der Waals surface area contributed by atoms with E-state index in [0.717, 1.165) is 10.8 Å². The van der Waals surface area contributed by atoms with Crippen LogP contribution in [0.25, 0.3) is 11.1 Å². The van der Waals surface area contributed by atoms with Crippen LogP contribution >= 0.6 is 23.3 Å². The lowest BCUT2D eigenvalue weighted by Crippen LogP contribution is -1.82. The van der Waals surface area contributed by atoms with E-state index >= 15 is 0 Å². The Morgan fingerprint density at radius 2 is 2.00 bits per heavy atom. The molecule has 0 saturated carbocycles. The monoisotopic (exact) mass is 237 g/mol. The molecule has 78 valence electrons. The second kappa shape index (κ2) is 4.68. The minimum atomic E-state index is 0.882. The van der Waals surface area contributed by atoms with Crippen LogP contribution in [0.1, 0.15) is 0 Å². The van der Waals surface area contributed by atoms with E-state index < -0.39 is 0 Å². The molecular weight excluding hydrogens is 226 g/mol. The molecule has 0 bridgehead atoms. The van der Waals surface area contributed by atoms with Gasteiger partial charge < -0.3 is 4.74 Å². The molecule has 0 saturated heterocycles. The molecule has 0 radical (unpaired) electrons. The molecule has 0 unspecified atom stereocenters.